The molecule has 0 spiro atoms. The molecule has 0 saturated carbocycles. The van der Waals surface area contributed by atoms with Gasteiger partial charge < -0.3 is 4.42 Å². The normalized spacial score (nSPS) is 11.4. The Morgan fingerprint density at radius 1 is 1.00 bits per heavy atom. The maximum absolute atomic E-state index is 13.9. The Kier molecular flexibility index (Phi) is 2.76. The quantitative estimate of drug-likeness (QED) is 0.471. The highest BCUT2D eigenvalue weighted by molar-refractivity contribution is 6.06. The van der Waals surface area contributed by atoms with E-state index in [1.165, 1.54) is 6.07 Å². The maximum Gasteiger partial charge on any atom is 0.212 e. The van der Waals surface area contributed by atoms with E-state index in [1.807, 2.05) is 37.5 Å². The van der Waals surface area contributed by atoms with Crippen molar-refractivity contribution in [3.05, 3.63) is 66.1 Å². The summed E-state index contributed by atoms with van der Waals surface area (Å²) in [5, 5.41) is 1.77. The van der Waals surface area contributed by atoms with Gasteiger partial charge in [-0.25, -0.2) is 8.96 Å². The van der Waals surface area contributed by atoms with Gasteiger partial charge in [0.2, 0.25) is 5.69 Å². The second kappa shape index (κ2) is 4.67. The number of pyridine rings is 1. The van der Waals surface area contributed by atoms with Crippen molar-refractivity contribution in [3.8, 4) is 11.3 Å². The molecule has 4 rings (SSSR count). The van der Waals surface area contributed by atoms with E-state index in [9.17, 15) is 4.39 Å². The summed E-state index contributed by atoms with van der Waals surface area (Å²) >= 11 is 0. The van der Waals surface area contributed by atoms with Crippen LogP contribution in [0, 0.1) is 12.7 Å². The number of fused-ring (bicyclic) bond motifs is 3. The zero-order chi connectivity index (χ0) is 15.3. The summed E-state index contributed by atoms with van der Waals surface area (Å²) in [5.41, 5.74) is 4.37. The molecule has 2 heterocycles. The predicted molar refractivity (Wildman–Crippen MR) is 85.0 cm³/mol. The minimum absolute atomic E-state index is 0.321. The average Bonchev–Trinajstić information content (AvgIpc) is 2.87. The summed E-state index contributed by atoms with van der Waals surface area (Å²) in [6.45, 7) is 2.07. The van der Waals surface area contributed by atoms with Gasteiger partial charge >= 0.3 is 0 Å². The zero-order valence-electron chi connectivity index (χ0n) is 12.4. The van der Waals surface area contributed by atoms with Crippen LogP contribution in [-0.4, -0.2) is 0 Å². The van der Waals surface area contributed by atoms with Gasteiger partial charge in [-0.05, 0) is 36.8 Å². The second-order valence-electron chi connectivity index (χ2n) is 5.58. The van der Waals surface area contributed by atoms with E-state index in [-0.39, 0.29) is 5.82 Å². The lowest BCUT2D eigenvalue weighted by molar-refractivity contribution is -0.660. The van der Waals surface area contributed by atoms with Crippen molar-refractivity contribution in [2.75, 3.05) is 0 Å². The molecule has 0 aliphatic heterocycles. The Bertz CT molecular complexity index is 1020. The van der Waals surface area contributed by atoms with Gasteiger partial charge in [0.25, 0.3) is 0 Å². The molecule has 22 heavy (non-hydrogen) atoms. The van der Waals surface area contributed by atoms with Crippen LogP contribution in [-0.2, 0) is 7.05 Å². The largest absolute Gasteiger partial charge is 0.453 e. The molecule has 4 aromatic rings. The summed E-state index contributed by atoms with van der Waals surface area (Å²) in [6.07, 6.45) is 2.01. The highest BCUT2D eigenvalue weighted by Gasteiger charge is 2.16. The van der Waals surface area contributed by atoms with Crippen LogP contribution in [0.1, 0.15) is 5.56 Å². The van der Waals surface area contributed by atoms with E-state index in [0.29, 0.717) is 11.2 Å². The topological polar surface area (TPSA) is 17.0 Å². The molecule has 0 aliphatic carbocycles. The number of para-hydroxylation sites is 1. The highest BCUT2D eigenvalue weighted by atomic mass is 19.1. The monoisotopic (exact) mass is 292 g/mol. The Balaban J connectivity index is 2.07. The van der Waals surface area contributed by atoms with Crippen molar-refractivity contribution in [2.24, 2.45) is 7.05 Å². The standard InChI is InChI=1S/C19H15FNO/c1-12-10-15-13-6-5-7-16(20)19(13)22-18(15)11-14(12)17-8-3-4-9-21(17)2/h3-11H,1-2H3/q+1. The van der Waals surface area contributed by atoms with Gasteiger partial charge in [-0.15, -0.1) is 0 Å². The van der Waals surface area contributed by atoms with Crippen molar-refractivity contribution in [1.82, 2.24) is 0 Å². The van der Waals surface area contributed by atoms with E-state index >= 15 is 0 Å². The third-order valence-electron chi connectivity index (χ3n) is 4.13. The third kappa shape index (κ3) is 1.82. The fourth-order valence-electron chi connectivity index (χ4n) is 3.00. The number of hydrogen-bond donors (Lipinski definition) is 0. The first-order valence-corrected chi connectivity index (χ1v) is 7.21. The Morgan fingerprint density at radius 2 is 1.86 bits per heavy atom. The molecule has 2 aromatic carbocycles. The lowest BCUT2D eigenvalue weighted by Crippen LogP contribution is -2.30. The van der Waals surface area contributed by atoms with E-state index in [4.69, 9.17) is 4.42 Å². The van der Waals surface area contributed by atoms with Crippen LogP contribution >= 0.6 is 0 Å². The van der Waals surface area contributed by atoms with E-state index < -0.39 is 0 Å². The van der Waals surface area contributed by atoms with Crippen LogP contribution in [0.2, 0.25) is 0 Å². The number of nitrogens with zero attached hydrogens (tertiary/aromatic N) is 1. The van der Waals surface area contributed by atoms with Crippen LogP contribution in [0.25, 0.3) is 33.2 Å². The van der Waals surface area contributed by atoms with Crippen LogP contribution < -0.4 is 4.57 Å². The van der Waals surface area contributed by atoms with Crippen molar-refractivity contribution < 1.29 is 13.4 Å². The Labute approximate surface area is 127 Å². The van der Waals surface area contributed by atoms with Crippen molar-refractivity contribution in [3.63, 3.8) is 0 Å². The Morgan fingerprint density at radius 3 is 2.68 bits per heavy atom. The van der Waals surface area contributed by atoms with Crippen molar-refractivity contribution in [2.45, 2.75) is 6.92 Å². The molecule has 0 N–H and O–H groups in total. The van der Waals surface area contributed by atoms with Crippen LogP contribution in [0.5, 0.6) is 0 Å². The van der Waals surface area contributed by atoms with Gasteiger partial charge in [-0.1, -0.05) is 12.1 Å². The van der Waals surface area contributed by atoms with E-state index in [2.05, 4.69) is 23.6 Å². The molecular formula is C19H15FNO+. The molecule has 0 radical (unpaired) electrons. The minimum Gasteiger partial charge on any atom is -0.453 e. The molecule has 2 nitrogen and oxygen atoms in total. The fourth-order valence-corrected chi connectivity index (χ4v) is 3.00. The number of halogens is 1. The van der Waals surface area contributed by atoms with Crippen molar-refractivity contribution in [1.29, 1.82) is 0 Å². The molecule has 0 amide bonds. The second-order valence-corrected chi connectivity index (χ2v) is 5.58. The van der Waals surface area contributed by atoms with Crippen LogP contribution in [0.4, 0.5) is 4.39 Å². The molecule has 2 aromatic heterocycles. The average molecular weight is 292 g/mol. The smallest absolute Gasteiger partial charge is 0.212 e. The first kappa shape index (κ1) is 13.0. The van der Waals surface area contributed by atoms with Gasteiger partial charge in [-0.3, -0.25) is 0 Å². The molecule has 0 fully saturated rings. The molecule has 0 unspecified atom stereocenters. The number of furan rings is 1. The SMILES string of the molecule is Cc1cc2c(cc1-c1cccc[n+]1C)oc1c(F)cccc12. The molecule has 3 heteroatoms. The fraction of sp³-hybridized carbons (Fsp3) is 0.105. The van der Waals surface area contributed by atoms with Crippen LogP contribution in [0.3, 0.4) is 0 Å². The predicted octanol–water partition coefficient (Wildman–Crippen LogP) is 4.53. The zero-order valence-corrected chi connectivity index (χ0v) is 12.4. The highest BCUT2D eigenvalue weighted by Crippen LogP contribution is 2.34. The van der Waals surface area contributed by atoms with E-state index in [0.717, 1.165) is 27.6 Å². The summed E-state index contributed by atoms with van der Waals surface area (Å²) in [7, 11) is 2.01. The number of hydrogen-bond acceptors (Lipinski definition) is 1. The molecule has 0 aliphatic rings. The summed E-state index contributed by atoms with van der Waals surface area (Å²) in [5.74, 6) is -0.321. The molecule has 0 bridgehead atoms. The number of aryl methyl sites for hydroxylation is 2. The first-order chi connectivity index (χ1) is 10.6. The third-order valence-corrected chi connectivity index (χ3v) is 4.13. The van der Waals surface area contributed by atoms with E-state index in [1.54, 1.807) is 6.07 Å². The van der Waals surface area contributed by atoms with Crippen LogP contribution in [0.15, 0.2) is 59.1 Å². The van der Waals surface area contributed by atoms with Crippen molar-refractivity contribution >= 4 is 21.9 Å². The van der Waals surface area contributed by atoms with Gasteiger partial charge in [0.1, 0.15) is 12.6 Å². The maximum atomic E-state index is 13.9. The number of rotatable bonds is 1. The summed E-state index contributed by atoms with van der Waals surface area (Å²) in [6, 6.07) is 15.2. The summed E-state index contributed by atoms with van der Waals surface area (Å²) in [4.78, 5) is 0. The molecule has 108 valence electrons. The van der Waals surface area contributed by atoms with Gasteiger partial charge in [0, 0.05) is 22.9 Å². The molecule has 0 atom stereocenters. The van der Waals surface area contributed by atoms with Gasteiger partial charge in [0.05, 0.1) is 5.56 Å². The van der Waals surface area contributed by atoms with Gasteiger partial charge in [-0.2, -0.15) is 0 Å². The first-order valence-electron chi connectivity index (χ1n) is 7.21. The lowest BCUT2D eigenvalue weighted by atomic mass is 10.0. The lowest BCUT2D eigenvalue weighted by Gasteiger charge is -2.04. The Hall–Kier alpha value is -2.68. The summed E-state index contributed by atoms with van der Waals surface area (Å²) < 4.78 is 21.7. The minimum atomic E-state index is -0.321. The number of benzene rings is 2. The van der Waals surface area contributed by atoms with Gasteiger partial charge in [0.15, 0.2) is 17.6 Å². The molecular weight excluding hydrogens is 277 g/mol. The number of aromatic nitrogens is 1. The molecule has 0 saturated heterocycles.